The summed E-state index contributed by atoms with van der Waals surface area (Å²) in [6, 6.07) is 5.36. The Hall–Kier alpha value is -2.39. The number of carbonyl (C=O) groups excluding carboxylic acids is 2. The summed E-state index contributed by atoms with van der Waals surface area (Å²) in [4.78, 5) is 25.4. The van der Waals surface area contributed by atoms with E-state index in [1.165, 1.54) is 0 Å². The lowest BCUT2D eigenvalue weighted by Gasteiger charge is -2.11. The summed E-state index contributed by atoms with van der Waals surface area (Å²) in [7, 11) is 0. The molecule has 1 aliphatic heterocycles. The summed E-state index contributed by atoms with van der Waals surface area (Å²) in [6.07, 6.45) is 6.82. The second kappa shape index (κ2) is 7.75. The van der Waals surface area contributed by atoms with Crippen LogP contribution < -0.4 is 9.47 Å². The number of terminal acetylenes is 1. The van der Waals surface area contributed by atoms with E-state index in [9.17, 15) is 9.59 Å². The van der Waals surface area contributed by atoms with Crippen molar-refractivity contribution in [1.82, 2.24) is 4.90 Å². The van der Waals surface area contributed by atoms with Crippen LogP contribution in [0.2, 0.25) is 0 Å². The van der Waals surface area contributed by atoms with Crippen LogP contribution in [0.4, 0.5) is 4.79 Å². The predicted molar refractivity (Wildman–Crippen MR) is 90.3 cm³/mol. The predicted octanol–water partition coefficient (Wildman–Crippen LogP) is 3.15. The molecule has 120 valence electrons. The normalized spacial score (nSPS) is 15.9. The molecule has 5 nitrogen and oxygen atoms in total. The average molecular weight is 331 g/mol. The first-order valence-electron chi connectivity index (χ1n) is 7.19. The van der Waals surface area contributed by atoms with Crippen molar-refractivity contribution in [3.63, 3.8) is 0 Å². The van der Waals surface area contributed by atoms with Gasteiger partial charge in [-0.2, -0.15) is 0 Å². The van der Waals surface area contributed by atoms with Crippen molar-refractivity contribution < 1.29 is 19.1 Å². The third-order valence-electron chi connectivity index (χ3n) is 3.01. The third kappa shape index (κ3) is 3.88. The molecule has 1 heterocycles. The Balaban J connectivity index is 2.33. The molecule has 1 saturated heterocycles. The van der Waals surface area contributed by atoms with E-state index in [1.807, 2.05) is 13.8 Å². The first kappa shape index (κ1) is 17.0. The van der Waals surface area contributed by atoms with Crippen LogP contribution in [0, 0.1) is 12.3 Å². The molecule has 1 aromatic rings. The number of imide groups is 1. The molecule has 1 aliphatic rings. The van der Waals surface area contributed by atoms with Gasteiger partial charge in [-0.15, -0.1) is 6.42 Å². The van der Waals surface area contributed by atoms with Crippen LogP contribution in [-0.2, 0) is 4.79 Å². The Morgan fingerprint density at radius 3 is 2.65 bits per heavy atom. The van der Waals surface area contributed by atoms with Gasteiger partial charge in [0.1, 0.15) is 11.5 Å². The smallest absolute Gasteiger partial charge is 0.294 e. The molecular weight excluding hydrogens is 314 g/mol. The lowest BCUT2D eigenvalue weighted by Crippen LogP contribution is -2.28. The second-order valence-corrected chi connectivity index (χ2v) is 5.53. The highest BCUT2D eigenvalue weighted by Gasteiger charge is 2.34. The summed E-state index contributed by atoms with van der Waals surface area (Å²) in [5.41, 5.74) is 0.710. The molecular formula is C17H17NO4S. The van der Waals surface area contributed by atoms with Gasteiger partial charge in [0.15, 0.2) is 0 Å². The molecule has 0 spiro atoms. The van der Waals surface area contributed by atoms with Gasteiger partial charge in [-0.05, 0) is 43.8 Å². The summed E-state index contributed by atoms with van der Waals surface area (Å²) >= 11 is 0.874. The molecule has 0 saturated carbocycles. The van der Waals surface area contributed by atoms with E-state index in [2.05, 4.69) is 5.92 Å². The molecule has 1 aromatic carbocycles. The molecule has 2 rings (SSSR count). The van der Waals surface area contributed by atoms with Crippen molar-refractivity contribution in [3.8, 4) is 23.8 Å². The summed E-state index contributed by atoms with van der Waals surface area (Å²) in [6.45, 7) is 4.78. The number of hydrogen-bond acceptors (Lipinski definition) is 5. The van der Waals surface area contributed by atoms with Gasteiger partial charge in [0.05, 0.1) is 24.7 Å². The standard InChI is InChI=1S/C17H17NO4S/c1-4-9-18-16(19)15(23-17(18)20)10-12-7-8-13(21-5-2)11-14(12)22-6-3/h1,7-8,10-11H,5-6,9H2,2-3H3/b15-10+. The Kier molecular flexibility index (Phi) is 5.72. The number of benzene rings is 1. The first-order chi connectivity index (χ1) is 11.1. The zero-order chi connectivity index (χ0) is 16.8. The topological polar surface area (TPSA) is 55.8 Å². The van der Waals surface area contributed by atoms with Gasteiger partial charge in [-0.1, -0.05) is 5.92 Å². The van der Waals surface area contributed by atoms with Crippen molar-refractivity contribution in [1.29, 1.82) is 0 Å². The van der Waals surface area contributed by atoms with Gasteiger partial charge in [-0.25, -0.2) is 0 Å². The Labute approximate surface area is 139 Å². The van der Waals surface area contributed by atoms with Crippen LogP contribution in [0.25, 0.3) is 6.08 Å². The number of nitrogens with zero attached hydrogens (tertiary/aromatic N) is 1. The van der Waals surface area contributed by atoms with Gasteiger partial charge >= 0.3 is 0 Å². The minimum atomic E-state index is -0.380. The molecule has 2 amide bonds. The fraction of sp³-hybridized carbons (Fsp3) is 0.294. The van der Waals surface area contributed by atoms with Gasteiger partial charge in [0.25, 0.3) is 11.1 Å². The van der Waals surface area contributed by atoms with E-state index in [0.717, 1.165) is 16.7 Å². The van der Waals surface area contributed by atoms with Gasteiger partial charge in [-0.3, -0.25) is 14.5 Å². The van der Waals surface area contributed by atoms with Crippen molar-refractivity contribution in [3.05, 3.63) is 28.7 Å². The molecule has 0 atom stereocenters. The first-order valence-corrected chi connectivity index (χ1v) is 8.00. The molecule has 0 N–H and O–H groups in total. The fourth-order valence-corrected chi connectivity index (χ4v) is 2.87. The Bertz CT molecular complexity index is 690. The monoisotopic (exact) mass is 331 g/mol. The number of thioether (sulfide) groups is 1. The number of amides is 2. The maximum absolute atomic E-state index is 12.2. The minimum Gasteiger partial charge on any atom is -0.494 e. The van der Waals surface area contributed by atoms with Gasteiger partial charge in [0.2, 0.25) is 0 Å². The van der Waals surface area contributed by atoms with Crippen LogP contribution in [-0.4, -0.2) is 35.8 Å². The maximum atomic E-state index is 12.2. The van der Waals surface area contributed by atoms with E-state index < -0.39 is 0 Å². The van der Waals surface area contributed by atoms with Crippen LogP contribution in [0.5, 0.6) is 11.5 Å². The SMILES string of the molecule is C#CCN1C(=O)S/C(=C/c2ccc(OCC)cc2OCC)C1=O. The van der Waals surface area contributed by atoms with E-state index in [0.29, 0.717) is 35.2 Å². The molecule has 23 heavy (non-hydrogen) atoms. The zero-order valence-electron chi connectivity index (χ0n) is 13.0. The van der Waals surface area contributed by atoms with E-state index in [-0.39, 0.29) is 17.7 Å². The summed E-state index contributed by atoms with van der Waals surface area (Å²) in [5.74, 6) is 3.22. The quantitative estimate of drug-likeness (QED) is 0.592. The van der Waals surface area contributed by atoms with E-state index in [4.69, 9.17) is 15.9 Å². The highest BCUT2D eigenvalue weighted by atomic mass is 32.2. The molecule has 0 unspecified atom stereocenters. The highest BCUT2D eigenvalue weighted by molar-refractivity contribution is 8.18. The molecule has 0 aliphatic carbocycles. The number of hydrogen-bond donors (Lipinski definition) is 0. The highest BCUT2D eigenvalue weighted by Crippen LogP contribution is 2.34. The fourth-order valence-electron chi connectivity index (χ4n) is 2.04. The number of ether oxygens (including phenoxy) is 2. The Morgan fingerprint density at radius 1 is 1.26 bits per heavy atom. The van der Waals surface area contributed by atoms with E-state index >= 15 is 0 Å². The molecule has 0 radical (unpaired) electrons. The Morgan fingerprint density at radius 2 is 2.00 bits per heavy atom. The summed E-state index contributed by atoms with van der Waals surface area (Å²) in [5, 5.41) is -0.358. The third-order valence-corrected chi connectivity index (χ3v) is 3.91. The van der Waals surface area contributed by atoms with Crippen LogP contribution in [0.1, 0.15) is 19.4 Å². The van der Waals surface area contributed by atoms with Crippen molar-refractivity contribution in [2.75, 3.05) is 19.8 Å². The minimum absolute atomic E-state index is 0.0242. The molecule has 6 heteroatoms. The maximum Gasteiger partial charge on any atom is 0.294 e. The van der Waals surface area contributed by atoms with Crippen LogP contribution >= 0.6 is 11.8 Å². The average Bonchev–Trinajstić information content (AvgIpc) is 2.78. The van der Waals surface area contributed by atoms with E-state index in [1.54, 1.807) is 24.3 Å². The molecule has 1 fully saturated rings. The summed E-state index contributed by atoms with van der Waals surface area (Å²) < 4.78 is 11.0. The lowest BCUT2D eigenvalue weighted by atomic mass is 10.1. The molecule has 0 aromatic heterocycles. The van der Waals surface area contributed by atoms with Crippen molar-refractivity contribution in [2.45, 2.75) is 13.8 Å². The number of rotatable bonds is 6. The van der Waals surface area contributed by atoms with Gasteiger partial charge in [0, 0.05) is 11.6 Å². The lowest BCUT2D eigenvalue weighted by molar-refractivity contribution is -0.122. The zero-order valence-corrected chi connectivity index (χ0v) is 13.8. The van der Waals surface area contributed by atoms with Crippen molar-refractivity contribution >= 4 is 29.0 Å². The second-order valence-electron chi connectivity index (χ2n) is 4.54. The number of carbonyl (C=O) groups is 2. The largest absolute Gasteiger partial charge is 0.494 e. The van der Waals surface area contributed by atoms with Gasteiger partial charge < -0.3 is 9.47 Å². The van der Waals surface area contributed by atoms with Crippen LogP contribution in [0.3, 0.4) is 0 Å². The van der Waals surface area contributed by atoms with Crippen LogP contribution in [0.15, 0.2) is 23.1 Å². The van der Waals surface area contributed by atoms with Crippen molar-refractivity contribution in [2.24, 2.45) is 0 Å². The molecule has 0 bridgehead atoms.